The molecule has 0 radical (unpaired) electrons. The molecule has 0 aliphatic rings. The molecule has 5 N–H and O–H groups in total. The number of thiazole rings is 1. The zero-order valence-electron chi connectivity index (χ0n) is 15.4. The van der Waals surface area contributed by atoms with Gasteiger partial charge in [-0.15, -0.1) is 11.3 Å². The van der Waals surface area contributed by atoms with Crippen LogP contribution in [0.2, 0.25) is 0 Å². The molecule has 30 heavy (non-hydrogen) atoms. The summed E-state index contributed by atoms with van der Waals surface area (Å²) in [4.78, 5) is 4.41. The highest BCUT2D eigenvalue weighted by Gasteiger charge is 2.30. The maximum absolute atomic E-state index is 12.7. The van der Waals surface area contributed by atoms with Gasteiger partial charge in [0.15, 0.2) is 5.70 Å². The Hall–Kier alpha value is -3.55. The predicted octanol–water partition coefficient (Wildman–Crippen LogP) is 4.02. The molecule has 1 aromatic heterocycles. The van der Waals surface area contributed by atoms with Crippen LogP contribution < -0.4 is 21.7 Å². The Labute approximate surface area is 174 Å². The molecule has 0 saturated heterocycles. The molecule has 0 fully saturated rings. The summed E-state index contributed by atoms with van der Waals surface area (Å²) < 4.78 is 43.8. The number of alkyl halides is 3. The molecule has 3 rings (SSSR count). The summed E-state index contributed by atoms with van der Waals surface area (Å²) in [5, 5.41) is 11.4. The van der Waals surface area contributed by atoms with Gasteiger partial charge in [0.2, 0.25) is 0 Å². The predicted molar refractivity (Wildman–Crippen MR) is 107 cm³/mol. The van der Waals surface area contributed by atoms with Gasteiger partial charge in [-0.2, -0.15) is 18.4 Å². The second kappa shape index (κ2) is 8.86. The molecule has 6 nitrogen and oxygen atoms in total. The Morgan fingerprint density at radius 1 is 1.20 bits per heavy atom. The molecular formula is C20H16F3N5OS. The maximum atomic E-state index is 12.7. The van der Waals surface area contributed by atoms with Crippen molar-refractivity contribution in [3.05, 3.63) is 76.4 Å². The monoisotopic (exact) mass is 431 g/mol. The Bertz CT molecular complexity index is 1100. The van der Waals surface area contributed by atoms with E-state index in [0.29, 0.717) is 27.6 Å². The normalized spacial score (nSPS) is 12.1. The molecule has 0 amide bonds. The third-order valence-corrected chi connectivity index (χ3v) is 5.01. The van der Waals surface area contributed by atoms with Crippen LogP contribution in [-0.2, 0) is 12.8 Å². The van der Waals surface area contributed by atoms with Gasteiger partial charge in [-0.05, 0) is 24.3 Å². The molecule has 0 saturated carbocycles. The van der Waals surface area contributed by atoms with Crippen molar-refractivity contribution >= 4 is 17.0 Å². The molecule has 0 aliphatic carbocycles. The molecule has 2 aromatic carbocycles. The molecule has 1 heterocycles. The number of rotatable bonds is 6. The van der Waals surface area contributed by atoms with Crippen molar-refractivity contribution in [3.63, 3.8) is 0 Å². The van der Waals surface area contributed by atoms with Crippen molar-refractivity contribution in [2.45, 2.75) is 12.8 Å². The van der Waals surface area contributed by atoms with Gasteiger partial charge in [0.1, 0.15) is 23.4 Å². The average Bonchev–Trinajstić information content (AvgIpc) is 3.22. The van der Waals surface area contributed by atoms with Crippen molar-refractivity contribution < 1.29 is 17.9 Å². The van der Waals surface area contributed by atoms with Crippen LogP contribution in [0.1, 0.15) is 16.8 Å². The third-order valence-electron chi connectivity index (χ3n) is 4.07. The van der Waals surface area contributed by atoms with Gasteiger partial charge in [0, 0.05) is 16.5 Å². The SMILES string of the molecule is N#C/C(NN)=C(/N)c1cccc(OCc2csc(-c3ccc(C(F)(F)F)cc3)n2)c1. The maximum Gasteiger partial charge on any atom is 0.416 e. The first-order valence-corrected chi connectivity index (χ1v) is 9.41. The van der Waals surface area contributed by atoms with Gasteiger partial charge in [0.25, 0.3) is 0 Å². The lowest BCUT2D eigenvalue weighted by atomic mass is 10.1. The molecule has 10 heteroatoms. The second-order valence-corrected chi connectivity index (χ2v) is 6.94. The van der Waals surface area contributed by atoms with Gasteiger partial charge in [0.05, 0.1) is 17.0 Å². The first kappa shape index (κ1) is 21.2. The number of hydrogen-bond acceptors (Lipinski definition) is 7. The minimum atomic E-state index is -4.37. The standard InChI is InChI=1S/C20H16F3N5OS/c21-20(22,23)14-6-4-12(5-7-14)19-27-15(11-30-19)10-29-16-3-1-2-13(8-16)18(25)17(9-24)28-26/h1-8,11,28H,10,25-26H2/b18-17-. The van der Waals surface area contributed by atoms with Crippen LogP contribution in [0.15, 0.2) is 59.6 Å². The van der Waals surface area contributed by atoms with Gasteiger partial charge < -0.3 is 15.9 Å². The summed E-state index contributed by atoms with van der Waals surface area (Å²) in [6.07, 6.45) is -4.37. The number of nitrogens with zero attached hydrogens (tertiary/aromatic N) is 2. The largest absolute Gasteiger partial charge is 0.487 e. The Kier molecular flexibility index (Phi) is 6.25. The highest BCUT2D eigenvalue weighted by Crippen LogP contribution is 2.32. The van der Waals surface area contributed by atoms with Crippen molar-refractivity contribution in [1.29, 1.82) is 5.26 Å². The highest BCUT2D eigenvalue weighted by atomic mass is 32.1. The quantitative estimate of drug-likeness (QED) is 0.309. The van der Waals surface area contributed by atoms with Crippen molar-refractivity contribution in [2.75, 3.05) is 0 Å². The number of hydrazine groups is 1. The molecule has 3 aromatic rings. The molecule has 0 unspecified atom stereocenters. The van der Waals surface area contributed by atoms with Crippen LogP contribution in [0.3, 0.4) is 0 Å². The highest BCUT2D eigenvalue weighted by molar-refractivity contribution is 7.13. The van der Waals surface area contributed by atoms with Crippen molar-refractivity contribution in [1.82, 2.24) is 10.4 Å². The van der Waals surface area contributed by atoms with Crippen LogP contribution in [0, 0.1) is 11.3 Å². The number of nitrogens with one attached hydrogen (secondary N) is 1. The van der Waals surface area contributed by atoms with E-state index in [-0.39, 0.29) is 18.0 Å². The summed E-state index contributed by atoms with van der Waals surface area (Å²) in [5.41, 5.74) is 9.46. The molecule has 0 bridgehead atoms. The number of hydrogen-bond donors (Lipinski definition) is 3. The van der Waals surface area contributed by atoms with Gasteiger partial charge >= 0.3 is 6.18 Å². The zero-order valence-corrected chi connectivity index (χ0v) is 16.2. The van der Waals surface area contributed by atoms with Crippen LogP contribution in [0.5, 0.6) is 5.75 Å². The minimum Gasteiger partial charge on any atom is -0.487 e. The van der Waals surface area contributed by atoms with Crippen LogP contribution in [0.25, 0.3) is 16.3 Å². The lowest BCUT2D eigenvalue weighted by Gasteiger charge is -2.09. The molecular weight excluding hydrogens is 415 g/mol. The number of nitrogens with two attached hydrogens (primary N) is 2. The number of halogens is 3. The lowest BCUT2D eigenvalue weighted by molar-refractivity contribution is -0.137. The van der Waals surface area contributed by atoms with Gasteiger partial charge in [-0.25, -0.2) is 10.8 Å². The van der Waals surface area contributed by atoms with Gasteiger partial charge in [-0.3, -0.25) is 0 Å². The van der Waals surface area contributed by atoms with Crippen LogP contribution in [-0.4, -0.2) is 4.98 Å². The first-order valence-electron chi connectivity index (χ1n) is 8.53. The second-order valence-electron chi connectivity index (χ2n) is 6.08. The number of nitriles is 1. The van der Waals surface area contributed by atoms with Crippen molar-refractivity contribution in [3.8, 4) is 22.4 Å². The number of allylic oxidation sites excluding steroid dienone is 1. The topological polar surface area (TPSA) is 110 Å². The van der Waals surface area contributed by atoms with Crippen LogP contribution in [0.4, 0.5) is 13.2 Å². The molecule has 0 atom stereocenters. The van der Waals surface area contributed by atoms with E-state index in [4.69, 9.17) is 21.6 Å². The van der Waals surface area contributed by atoms with E-state index < -0.39 is 11.7 Å². The molecule has 0 aliphatic heterocycles. The van der Waals surface area contributed by atoms with Gasteiger partial charge in [-0.1, -0.05) is 24.3 Å². The molecule has 0 spiro atoms. The fourth-order valence-corrected chi connectivity index (χ4v) is 3.34. The average molecular weight is 431 g/mol. The van der Waals surface area contributed by atoms with E-state index in [1.807, 2.05) is 6.07 Å². The smallest absolute Gasteiger partial charge is 0.416 e. The van der Waals surface area contributed by atoms with E-state index >= 15 is 0 Å². The minimum absolute atomic E-state index is 0.0350. The summed E-state index contributed by atoms with van der Waals surface area (Å²) in [7, 11) is 0. The Morgan fingerprint density at radius 2 is 1.93 bits per heavy atom. The number of aromatic nitrogens is 1. The summed E-state index contributed by atoms with van der Waals surface area (Å²) in [6.45, 7) is 0.157. The van der Waals surface area contributed by atoms with Crippen LogP contribution >= 0.6 is 11.3 Å². The zero-order chi connectivity index (χ0) is 21.7. The summed E-state index contributed by atoms with van der Waals surface area (Å²) in [6, 6.07) is 13.5. The lowest BCUT2D eigenvalue weighted by Crippen LogP contribution is -2.23. The Balaban J connectivity index is 1.70. The number of benzene rings is 2. The van der Waals surface area contributed by atoms with E-state index in [1.165, 1.54) is 23.5 Å². The van der Waals surface area contributed by atoms with E-state index in [1.54, 1.807) is 29.6 Å². The van der Waals surface area contributed by atoms with E-state index in [9.17, 15) is 13.2 Å². The molecule has 154 valence electrons. The summed E-state index contributed by atoms with van der Waals surface area (Å²) in [5.74, 6) is 5.78. The van der Waals surface area contributed by atoms with E-state index in [0.717, 1.165) is 12.1 Å². The fourth-order valence-electron chi connectivity index (χ4n) is 2.53. The summed E-state index contributed by atoms with van der Waals surface area (Å²) >= 11 is 1.31. The first-order chi connectivity index (χ1) is 14.3. The fraction of sp³-hybridized carbons (Fsp3) is 0.100. The number of ether oxygens (including phenoxy) is 1. The van der Waals surface area contributed by atoms with E-state index in [2.05, 4.69) is 10.4 Å². The van der Waals surface area contributed by atoms with Crippen molar-refractivity contribution in [2.24, 2.45) is 11.6 Å². The third kappa shape index (κ3) is 4.89. The Morgan fingerprint density at radius 3 is 2.57 bits per heavy atom.